The molecule has 0 radical (unpaired) electrons. The first-order valence-electron chi connectivity index (χ1n) is 6.25. The minimum absolute atomic E-state index is 0.173. The van der Waals surface area contributed by atoms with E-state index in [0.717, 1.165) is 23.1 Å². The van der Waals surface area contributed by atoms with Gasteiger partial charge in [0.15, 0.2) is 0 Å². The van der Waals surface area contributed by atoms with Crippen molar-refractivity contribution in [2.45, 2.75) is 26.7 Å². The van der Waals surface area contributed by atoms with E-state index < -0.39 is 0 Å². The van der Waals surface area contributed by atoms with Crippen molar-refractivity contribution in [2.75, 3.05) is 0 Å². The number of aromatic hydroxyl groups is 2. The largest absolute Gasteiger partial charge is 0.508 e. The highest BCUT2D eigenvalue weighted by Crippen LogP contribution is 2.38. The number of hydrogen-bond acceptors (Lipinski definition) is 2. The third kappa shape index (κ3) is 2.19. The van der Waals surface area contributed by atoms with Gasteiger partial charge >= 0.3 is 0 Å². The first-order chi connectivity index (χ1) is 8.65. The summed E-state index contributed by atoms with van der Waals surface area (Å²) < 4.78 is 0. The first kappa shape index (κ1) is 12.5. The third-order valence-electron chi connectivity index (χ3n) is 3.19. The number of phenols is 2. The Morgan fingerprint density at radius 1 is 0.944 bits per heavy atom. The van der Waals surface area contributed by atoms with Crippen LogP contribution in [-0.2, 0) is 6.42 Å². The average molecular weight is 242 g/mol. The van der Waals surface area contributed by atoms with Crippen molar-refractivity contribution in [3.8, 4) is 22.6 Å². The van der Waals surface area contributed by atoms with E-state index in [2.05, 4.69) is 0 Å². The number of aryl methyl sites for hydroxylation is 1. The lowest BCUT2D eigenvalue weighted by Gasteiger charge is -2.13. The molecule has 2 aromatic carbocycles. The van der Waals surface area contributed by atoms with Gasteiger partial charge < -0.3 is 10.2 Å². The molecular weight excluding hydrogens is 224 g/mol. The molecule has 0 heterocycles. The molecule has 2 rings (SSSR count). The zero-order chi connectivity index (χ0) is 13.1. The Morgan fingerprint density at radius 3 is 2.33 bits per heavy atom. The molecule has 0 aliphatic carbocycles. The second kappa shape index (κ2) is 5.13. The van der Waals surface area contributed by atoms with Gasteiger partial charge in [-0.3, -0.25) is 0 Å². The number of hydrogen-bond donors (Lipinski definition) is 2. The topological polar surface area (TPSA) is 40.5 Å². The fourth-order valence-electron chi connectivity index (χ4n) is 2.21. The van der Waals surface area contributed by atoms with Gasteiger partial charge in [0.1, 0.15) is 11.5 Å². The van der Waals surface area contributed by atoms with Crippen molar-refractivity contribution in [3.05, 3.63) is 47.5 Å². The van der Waals surface area contributed by atoms with Crippen LogP contribution in [0.25, 0.3) is 11.1 Å². The molecule has 0 spiro atoms. The van der Waals surface area contributed by atoms with Crippen LogP contribution < -0.4 is 0 Å². The molecule has 0 unspecified atom stereocenters. The van der Waals surface area contributed by atoms with Crippen molar-refractivity contribution < 1.29 is 10.2 Å². The van der Waals surface area contributed by atoms with E-state index in [9.17, 15) is 10.2 Å². The SMILES string of the molecule is CCCc1c(O)ccc(-c2ccccc2C)c1O. The van der Waals surface area contributed by atoms with Crippen molar-refractivity contribution in [3.63, 3.8) is 0 Å². The molecule has 0 aliphatic heterocycles. The number of phenolic OH excluding ortho intramolecular Hbond substituents is 2. The van der Waals surface area contributed by atoms with E-state index in [-0.39, 0.29) is 11.5 Å². The summed E-state index contributed by atoms with van der Waals surface area (Å²) >= 11 is 0. The van der Waals surface area contributed by atoms with Gasteiger partial charge in [0.05, 0.1) is 0 Å². The molecule has 2 nitrogen and oxygen atoms in total. The smallest absolute Gasteiger partial charge is 0.130 e. The van der Waals surface area contributed by atoms with Crippen LogP contribution in [0.3, 0.4) is 0 Å². The Hall–Kier alpha value is -1.96. The van der Waals surface area contributed by atoms with E-state index in [0.29, 0.717) is 12.0 Å². The second-order valence-corrected chi connectivity index (χ2v) is 4.52. The standard InChI is InChI=1S/C16H18O2/c1-3-6-14-15(17)10-9-13(16(14)18)12-8-5-4-7-11(12)2/h4-5,7-10,17-18H,3,6H2,1-2H3. The summed E-state index contributed by atoms with van der Waals surface area (Å²) in [5, 5.41) is 20.1. The predicted molar refractivity (Wildman–Crippen MR) is 73.9 cm³/mol. The van der Waals surface area contributed by atoms with E-state index >= 15 is 0 Å². The minimum Gasteiger partial charge on any atom is -0.508 e. The lowest BCUT2D eigenvalue weighted by Crippen LogP contribution is -1.90. The maximum absolute atomic E-state index is 10.3. The van der Waals surface area contributed by atoms with E-state index in [1.54, 1.807) is 12.1 Å². The van der Waals surface area contributed by atoms with Gasteiger partial charge in [-0.25, -0.2) is 0 Å². The predicted octanol–water partition coefficient (Wildman–Crippen LogP) is 4.03. The third-order valence-corrected chi connectivity index (χ3v) is 3.19. The summed E-state index contributed by atoms with van der Waals surface area (Å²) in [6, 6.07) is 11.4. The summed E-state index contributed by atoms with van der Waals surface area (Å²) in [6.45, 7) is 4.04. The Labute approximate surface area is 108 Å². The highest BCUT2D eigenvalue weighted by atomic mass is 16.3. The molecule has 0 atom stereocenters. The Morgan fingerprint density at radius 2 is 1.67 bits per heavy atom. The molecule has 0 saturated carbocycles. The maximum Gasteiger partial charge on any atom is 0.130 e. The van der Waals surface area contributed by atoms with Gasteiger partial charge in [-0.1, -0.05) is 37.6 Å². The van der Waals surface area contributed by atoms with Gasteiger partial charge in [-0.2, -0.15) is 0 Å². The van der Waals surface area contributed by atoms with Gasteiger partial charge in [0, 0.05) is 11.1 Å². The van der Waals surface area contributed by atoms with Crippen LogP contribution in [0.2, 0.25) is 0 Å². The summed E-state index contributed by atoms with van der Waals surface area (Å²) in [5.74, 6) is 0.373. The van der Waals surface area contributed by atoms with Crippen LogP contribution in [0.1, 0.15) is 24.5 Å². The molecular formula is C16H18O2. The highest BCUT2D eigenvalue weighted by Gasteiger charge is 2.13. The highest BCUT2D eigenvalue weighted by molar-refractivity contribution is 5.75. The fourth-order valence-corrected chi connectivity index (χ4v) is 2.21. The Kier molecular flexibility index (Phi) is 3.56. The molecule has 2 N–H and O–H groups in total. The quantitative estimate of drug-likeness (QED) is 0.853. The molecule has 0 bridgehead atoms. The summed E-state index contributed by atoms with van der Waals surface area (Å²) in [4.78, 5) is 0. The first-order valence-corrected chi connectivity index (χ1v) is 6.25. The van der Waals surface area contributed by atoms with E-state index in [1.165, 1.54) is 0 Å². The van der Waals surface area contributed by atoms with Crippen LogP contribution in [0.4, 0.5) is 0 Å². The molecule has 0 amide bonds. The molecule has 94 valence electrons. The zero-order valence-corrected chi connectivity index (χ0v) is 10.8. The summed E-state index contributed by atoms with van der Waals surface area (Å²) in [6.07, 6.45) is 1.57. The molecule has 0 fully saturated rings. The monoisotopic (exact) mass is 242 g/mol. The van der Waals surface area contributed by atoms with Crippen LogP contribution >= 0.6 is 0 Å². The Bertz CT molecular complexity index is 559. The van der Waals surface area contributed by atoms with Crippen LogP contribution in [0.15, 0.2) is 36.4 Å². The van der Waals surface area contributed by atoms with Crippen LogP contribution in [-0.4, -0.2) is 10.2 Å². The summed E-state index contributed by atoms with van der Waals surface area (Å²) in [5.41, 5.74) is 3.54. The normalized spacial score (nSPS) is 10.6. The lowest BCUT2D eigenvalue weighted by molar-refractivity contribution is 0.439. The molecule has 18 heavy (non-hydrogen) atoms. The van der Waals surface area contributed by atoms with Crippen molar-refractivity contribution >= 4 is 0 Å². The van der Waals surface area contributed by atoms with Crippen LogP contribution in [0, 0.1) is 6.92 Å². The molecule has 0 saturated heterocycles. The molecule has 2 aromatic rings. The van der Waals surface area contributed by atoms with E-state index in [4.69, 9.17) is 0 Å². The fraction of sp³-hybridized carbons (Fsp3) is 0.250. The average Bonchev–Trinajstić information content (AvgIpc) is 2.36. The van der Waals surface area contributed by atoms with Crippen molar-refractivity contribution in [2.24, 2.45) is 0 Å². The molecule has 0 aliphatic rings. The second-order valence-electron chi connectivity index (χ2n) is 4.52. The minimum atomic E-state index is 0.173. The van der Waals surface area contributed by atoms with Gasteiger partial charge in [0.2, 0.25) is 0 Å². The number of rotatable bonds is 3. The summed E-state index contributed by atoms with van der Waals surface area (Å²) in [7, 11) is 0. The van der Waals surface area contributed by atoms with Gasteiger partial charge in [-0.15, -0.1) is 0 Å². The van der Waals surface area contributed by atoms with Gasteiger partial charge in [-0.05, 0) is 36.6 Å². The lowest BCUT2D eigenvalue weighted by atomic mass is 9.95. The van der Waals surface area contributed by atoms with E-state index in [1.807, 2.05) is 38.1 Å². The van der Waals surface area contributed by atoms with Crippen molar-refractivity contribution in [1.82, 2.24) is 0 Å². The Balaban J connectivity index is 2.59. The number of benzene rings is 2. The molecule has 2 heteroatoms. The zero-order valence-electron chi connectivity index (χ0n) is 10.8. The van der Waals surface area contributed by atoms with Gasteiger partial charge in [0.25, 0.3) is 0 Å². The van der Waals surface area contributed by atoms with Crippen molar-refractivity contribution in [1.29, 1.82) is 0 Å². The van der Waals surface area contributed by atoms with Crippen LogP contribution in [0.5, 0.6) is 11.5 Å². The molecule has 0 aromatic heterocycles. The maximum atomic E-state index is 10.3.